The van der Waals surface area contributed by atoms with Crippen molar-refractivity contribution >= 4 is 40.5 Å². The van der Waals surface area contributed by atoms with E-state index in [9.17, 15) is 38.0 Å². The number of nitro groups is 1. The zero-order valence-corrected chi connectivity index (χ0v) is 20.7. The van der Waals surface area contributed by atoms with Crippen LogP contribution in [0.5, 0.6) is 0 Å². The van der Waals surface area contributed by atoms with Gasteiger partial charge in [0.25, 0.3) is 5.69 Å². The number of anilines is 2. The van der Waals surface area contributed by atoms with E-state index in [1.165, 1.54) is 24.3 Å². The first kappa shape index (κ1) is 26.2. The van der Waals surface area contributed by atoms with Crippen LogP contribution in [0.3, 0.4) is 0 Å². The zero-order chi connectivity index (χ0) is 27.4. The Hall–Kier alpha value is -3.44. The van der Waals surface area contributed by atoms with E-state index in [-0.39, 0.29) is 60.4 Å². The van der Waals surface area contributed by atoms with Gasteiger partial charge < -0.3 is 10.0 Å². The fourth-order valence-corrected chi connectivity index (χ4v) is 5.78. The van der Waals surface area contributed by atoms with E-state index in [2.05, 4.69) is 0 Å². The quantitative estimate of drug-likeness (QED) is 0.243. The molecule has 2 atom stereocenters. The maximum Gasteiger partial charge on any atom is 0.417 e. The van der Waals surface area contributed by atoms with Gasteiger partial charge in [-0.25, -0.2) is 4.90 Å². The molecule has 2 amide bonds. The van der Waals surface area contributed by atoms with Gasteiger partial charge in [0.15, 0.2) is 0 Å². The first-order valence-electron chi connectivity index (χ1n) is 12.1. The molecule has 3 aliphatic rings. The molecule has 2 saturated heterocycles. The number of piperidine rings is 1. The second kappa shape index (κ2) is 9.39. The molecule has 2 fully saturated rings. The Morgan fingerprint density at radius 1 is 1.00 bits per heavy atom. The Bertz CT molecular complexity index is 1330. The highest BCUT2D eigenvalue weighted by Crippen LogP contribution is 2.43. The standard InChI is InChI=1S/C26H23ClF3N3O5/c27-20-7-5-15(13-19(20)26(28,29)30)25(36)9-11-31(12-10-25)21-8-6-16(14-22(21)33(37)38)32-23(34)17-3-1-2-4-18(17)24(32)35/h1-2,5-8,13-14,17-18,36H,3-4,9-12H2/t17-,18-/m1/s1. The predicted molar refractivity (Wildman–Crippen MR) is 133 cm³/mol. The van der Waals surface area contributed by atoms with Crippen molar-refractivity contribution in [3.05, 3.63) is 74.8 Å². The summed E-state index contributed by atoms with van der Waals surface area (Å²) in [5, 5.41) is 22.7. The molecule has 0 aromatic heterocycles. The topological polar surface area (TPSA) is 104 Å². The molecule has 200 valence electrons. The molecular formula is C26H23ClF3N3O5. The van der Waals surface area contributed by atoms with Gasteiger partial charge in [-0.05, 0) is 55.5 Å². The van der Waals surface area contributed by atoms with Crippen LogP contribution in [-0.4, -0.2) is 34.9 Å². The van der Waals surface area contributed by atoms with Crippen LogP contribution in [0.4, 0.5) is 30.2 Å². The van der Waals surface area contributed by atoms with Crippen LogP contribution in [0.1, 0.15) is 36.8 Å². The maximum absolute atomic E-state index is 13.3. The number of fused-ring (bicyclic) bond motifs is 1. The Kier molecular flexibility index (Phi) is 6.47. The summed E-state index contributed by atoms with van der Waals surface area (Å²) in [5.74, 6) is -1.71. The molecule has 2 aliphatic heterocycles. The SMILES string of the molecule is O=C1[C@@H]2CC=CC[C@H]2C(=O)N1c1ccc(N2CCC(O)(c3ccc(Cl)c(C(F)(F)F)c3)CC2)c([N+](=O)[O-])c1. The third-order valence-electron chi connectivity index (χ3n) is 7.66. The summed E-state index contributed by atoms with van der Waals surface area (Å²) in [6, 6.07) is 7.43. The van der Waals surface area contributed by atoms with Gasteiger partial charge in [-0.15, -0.1) is 0 Å². The monoisotopic (exact) mass is 549 g/mol. The molecule has 2 heterocycles. The van der Waals surface area contributed by atoms with E-state index in [1.807, 2.05) is 12.2 Å². The summed E-state index contributed by atoms with van der Waals surface area (Å²) >= 11 is 5.71. The first-order valence-corrected chi connectivity index (χ1v) is 12.4. The number of rotatable bonds is 4. The number of imide groups is 1. The van der Waals surface area contributed by atoms with Crippen molar-refractivity contribution in [2.45, 2.75) is 37.5 Å². The van der Waals surface area contributed by atoms with Crippen molar-refractivity contribution < 1.29 is 32.8 Å². The summed E-state index contributed by atoms with van der Waals surface area (Å²) in [6.45, 7) is 0.246. The number of aliphatic hydroxyl groups is 1. The lowest BCUT2D eigenvalue weighted by Crippen LogP contribution is -2.43. The molecule has 0 spiro atoms. The van der Waals surface area contributed by atoms with Gasteiger partial charge in [-0.2, -0.15) is 13.2 Å². The van der Waals surface area contributed by atoms with Crippen molar-refractivity contribution in [1.82, 2.24) is 0 Å². The predicted octanol–water partition coefficient (Wildman–Crippen LogP) is 5.21. The van der Waals surface area contributed by atoms with Crippen molar-refractivity contribution in [3.63, 3.8) is 0 Å². The highest BCUT2D eigenvalue weighted by molar-refractivity contribution is 6.31. The fraction of sp³-hybridized carbons (Fsp3) is 0.385. The highest BCUT2D eigenvalue weighted by atomic mass is 35.5. The van der Waals surface area contributed by atoms with Crippen molar-refractivity contribution in [2.24, 2.45) is 11.8 Å². The van der Waals surface area contributed by atoms with Gasteiger partial charge in [-0.3, -0.25) is 19.7 Å². The summed E-state index contributed by atoms with van der Waals surface area (Å²) in [7, 11) is 0. The van der Waals surface area contributed by atoms with E-state index in [0.29, 0.717) is 12.8 Å². The van der Waals surface area contributed by atoms with Crippen LogP contribution in [-0.2, 0) is 21.4 Å². The molecule has 38 heavy (non-hydrogen) atoms. The van der Waals surface area contributed by atoms with Crippen molar-refractivity contribution in [3.8, 4) is 0 Å². The Balaban J connectivity index is 1.38. The Morgan fingerprint density at radius 3 is 2.16 bits per heavy atom. The van der Waals surface area contributed by atoms with Crippen LogP contribution in [0.15, 0.2) is 48.6 Å². The van der Waals surface area contributed by atoms with Crippen molar-refractivity contribution in [2.75, 3.05) is 22.9 Å². The molecule has 1 N–H and O–H groups in total. The van der Waals surface area contributed by atoms with Crippen LogP contribution in [0.2, 0.25) is 5.02 Å². The number of nitrogens with zero attached hydrogens (tertiary/aromatic N) is 3. The summed E-state index contributed by atoms with van der Waals surface area (Å²) in [4.78, 5) is 39.9. The highest BCUT2D eigenvalue weighted by Gasteiger charge is 2.48. The molecule has 2 aromatic carbocycles. The Labute approximate surface area is 220 Å². The first-order chi connectivity index (χ1) is 17.9. The lowest BCUT2D eigenvalue weighted by molar-refractivity contribution is -0.384. The van der Waals surface area contributed by atoms with E-state index in [4.69, 9.17) is 11.6 Å². The van der Waals surface area contributed by atoms with Gasteiger partial charge in [0.05, 0.1) is 38.6 Å². The molecule has 0 unspecified atom stereocenters. The van der Waals surface area contributed by atoms with Gasteiger partial charge in [0.1, 0.15) is 5.69 Å². The molecule has 1 aliphatic carbocycles. The fourth-order valence-electron chi connectivity index (χ4n) is 5.56. The molecule has 2 aromatic rings. The summed E-state index contributed by atoms with van der Waals surface area (Å²) in [5.41, 5.74) is -2.51. The van der Waals surface area contributed by atoms with E-state index in [1.54, 1.807) is 4.90 Å². The second-order valence-corrected chi connectivity index (χ2v) is 10.2. The zero-order valence-electron chi connectivity index (χ0n) is 19.9. The molecule has 0 bridgehead atoms. The number of halogens is 4. The Morgan fingerprint density at radius 2 is 1.61 bits per heavy atom. The number of hydrogen-bond donors (Lipinski definition) is 1. The van der Waals surface area contributed by atoms with E-state index >= 15 is 0 Å². The molecular weight excluding hydrogens is 527 g/mol. The smallest absolute Gasteiger partial charge is 0.385 e. The molecule has 12 heteroatoms. The molecule has 0 radical (unpaired) electrons. The third-order valence-corrected chi connectivity index (χ3v) is 7.99. The third kappa shape index (κ3) is 4.43. The van der Waals surface area contributed by atoms with Crippen LogP contribution in [0.25, 0.3) is 0 Å². The molecule has 8 nitrogen and oxygen atoms in total. The number of allylic oxidation sites excluding steroid dienone is 2. The number of benzene rings is 2. The number of carbonyl (C=O) groups is 2. The number of hydrogen-bond acceptors (Lipinski definition) is 6. The minimum atomic E-state index is -4.68. The number of amides is 2. The summed E-state index contributed by atoms with van der Waals surface area (Å²) in [6.07, 6.45) is -0.0469. The lowest BCUT2D eigenvalue weighted by atomic mass is 9.83. The molecule has 0 saturated carbocycles. The largest absolute Gasteiger partial charge is 0.417 e. The van der Waals surface area contributed by atoms with Crippen LogP contribution < -0.4 is 9.80 Å². The van der Waals surface area contributed by atoms with Crippen LogP contribution >= 0.6 is 11.6 Å². The average Bonchev–Trinajstić information content (AvgIpc) is 3.13. The van der Waals surface area contributed by atoms with Gasteiger partial charge in [-0.1, -0.05) is 29.8 Å². The van der Waals surface area contributed by atoms with Crippen molar-refractivity contribution in [1.29, 1.82) is 0 Å². The van der Waals surface area contributed by atoms with Crippen LogP contribution in [0, 0.1) is 22.0 Å². The average molecular weight is 550 g/mol. The van der Waals surface area contributed by atoms with Gasteiger partial charge in [0.2, 0.25) is 11.8 Å². The number of nitro benzene ring substituents is 1. The molecule has 5 rings (SSSR count). The minimum Gasteiger partial charge on any atom is -0.385 e. The second-order valence-electron chi connectivity index (χ2n) is 9.81. The minimum absolute atomic E-state index is 0.0181. The number of carbonyl (C=O) groups excluding carboxylic acids is 2. The maximum atomic E-state index is 13.3. The number of alkyl halides is 3. The van der Waals surface area contributed by atoms with E-state index in [0.717, 1.165) is 17.0 Å². The normalized spacial score (nSPS) is 23.1. The van der Waals surface area contributed by atoms with Gasteiger partial charge >= 0.3 is 6.18 Å². The van der Waals surface area contributed by atoms with E-state index < -0.39 is 39.1 Å². The lowest BCUT2D eigenvalue weighted by Gasteiger charge is -2.39. The van der Waals surface area contributed by atoms with Gasteiger partial charge in [0, 0.05) is 19.2 Å². The summed E-state index contributed by atoms with van der Waals surface area (Å²) < 4.78 is 40.0.